The molecule has 0 radical (unpaired) electrons. The van der Waals surface area contributed by atoms with Gasteiger partial charge in [0.05, 0.1) is 0 Å². The molecule has 66 valence electrons. The lowest BCUT2D eigenvalue weighted by atomic mass is 10.1. The molecule has 0 amide bonds. The molecule has 0 fully saturated rings. The molecule has 1 unspecified atom stereocenters. The third-order valence-corrected chi connectivity index (χ3v) is 2.37. The summed E-state index contributed by atoms with van der Waals surface area (Å²) in [5.74, 6) is 0.630. The summed E-state index contributed by atoms with van der Waals surface area (Å²) in [6.07, 6.45) is 1.71. The Balaban J connectivity index is 2.71. The topological polar surface area (TPSA) is 43.1 Å². The van der Waals surface area contributed by atoms with Crippen molar-refractivity contribution in [3.8, 4) is 0 Å². The molecule has 0 saturated carbocycles. The molecule has 0 heterocycles. The van der Waals surface area contributed by atoms with Gasteiger partial charge in [0.1, 0.15) is 0 Å². The predicted octanol–water partition coefficient (Wildman–Crippen LogP) is 1.02. The minimum atomic E-state index is -0.756. The largest absolute Gasteiger partial charge is 0.326 e. The highest BCUT2D eigenvalue weighted by Crippen LogP contribution is 2.05. The second-order valence-electron chi connectivity index (χ2n) is 2.74. The molecule has 1 rings (SSSR count). The van der Waals surface area contributed by atoms with E-state index in [9.17, 15) is 4.21 Å². The molecule has 1 aromatic carbocycles. The van der Waals surface area contributed by atoms with Crippen LogP contribution < -0.4 is 5.73 Å². The molecule has 2 nitrogen and oxygen atoms in total. The van der Waals surface area contributed by atoms with Crippen LogP contribution in [0.15, 0.2) is 24.3 Å². The average molecular weight is 183 g/mol. The van der Waals surface area contributed by atoms with Crippen LogP contribution in [0.3, 0.4) is 0 Å². The highest BCUT2D eigenvalue weighted by molar-refractivity contribution is 7.83. The van der Waals surface area contributed by atoms with Gasteiger partial charge in [-0.25, -0.2) is 0 Å². The summed E-state index contributed by atoms with van der Waals surface area (Å²) in [5, 5.41) is 0. The fourth-order valence-electron chi connectivity index (χ4n) is 1.01. The summed E-state index contributed by atoms with van der Waals surface area (Å²) in [6.45, 7) is 0.565. The summed E-state index contributed by atoms with van der Waals surface area (Å²) in [5.41, 5.74) is 7.66. The summed E-state index contributed by atoms with van der Waals surface area (Å²) in [7, 11) is -0.756. The summed E-state index contributed by atoms with van der Waals surface area (Å²) in [4.78, 5) is 0. The van der Waals surface area contributed by atoms with E-state index in [0.29, 0.717) is 12.3 Å². The second kappa shape index (κ2) is 4.38. The molecule has 0 bridgehead atoms. The number of hydrogen-bond acceptors (Lipinski definition) is 2. The Hall–Kier alpha value is -0.670. The third kappa shape index (κ3) is 2.75. The molecule has 3 heteroatoms. The standard InChI is InChI=1S/C9H13NOS/c1-12(11)7-9-4-2-8(6-10)3-5-9/h2-5H,6-7,10H2,1H3. The van der Waals surface area contributed by atoms with Crippen molar-refractivity contribution in [2.75, 3.05) is 6.26 Å². The van der Waals surface area contributed by atoms with Crippen molar-refractivity contribution in [1.29, 1.82) is 0 Å². The van der Waals surface area contributed by atoms with Crippen molar-refractivity contribution in [1.82, 2.24) is 0 Å². The second-order valence-corrected chi connectivity index (χ2v) is 4.17. The van der Waals surface area contributed by atoms with Crippen LogP contribution in [0.1, 0.15) is 11.1 Å². The van der Waals surface area contributed by atoms with Crippen molar-refractivity contribution in [2.45, 2.75) is 12.3 Å². The molecular weight excluding hydrogens is 170 g/mol. The first-order valence-electron chi connectivity index (χ1n) is 3.80. The van der Waals surface area contributed by atoms with Gasteiger partial charge in [-0.3, -0.25) is 4.21 Å². The van der Waals surface area contributed by atoms with Gasteiger partial charge in [0.25, 0.3) is 0 Å². The van der Waals surface area contributed by atoms with E-state index in [-0.39, 0.29) is 0 Å². The first kappa shape index (κ1) is 9.42. The maximum Gasteiger partial charge on any atom is 0.0482 e. The lowest BCUT2D eigenvalue weighted by Crippen LogP contribution is -1.97. The van der Waals surface area contributed by atoms with Gasteiger partial charge in [-0.1, -0.05) is 24.3 Å². The van der Waals surface area contributed by atoms with Crippen LogP contribution in [0, 0.1) is 0 Å². The van der Waals surface area contributed by atoms with Crippen LogP contribution in [0.5, 0.6) is 0 Å². The van der Waals surface area contributed by atoms with E-state index >= 15 is 0 Å². The van der Waals surface area contributed by atoms with Crippen molar-refractivity contribution in [3.05, 3.63) is 35.4 Å². The third-order valence-electron chi connectivity index (χ3n) is 1.63. The molecular formula is C9H13NOS. The van der Waals surface area contributed by atoms with Crippen LogP contribution in [0.25, 0.3) is 0 Å². The van der Waals surface area contributed by atoms with Gasteiger partial charge in [0.2, 0.25) is 0 Å². The molecule has 0 aliphatic carbocycles. The molecule has 1 aromatic rings. The Morgan fingerprint density at radius 2 is 1.75 bits per heavy atom. The molecule has 0 aliphatic heterocycles. The molecule has 0 aliphatic rings. The van der Waals surface area contributed by atoms with Crippen LogP contribution in [0.2, 0.25) is 0 Å². The predicted molar refractivity (Wildman–Crippen MR) is 52.1 cm³/mol. The molecule has 1 atom stereocenters. The highest BCUT2D eigenvalue weighted by atomic mass is 32.2. The Morgan fingerprint density at radius 1 is 1.25 bits per heavy atom. The van der Waals surface area contributed by atoms with Crippen molar-refractivity contribution in [2.24, 2.45) is 5.73 Å². The minimum absolute atomic E-state index is 0.565. The zero-order chi connectivity index (χ0) is 8.97. The first-order valence-corrected chi connectivity index (χ1v) is 5.53. The van der Waals surface area contributed by atoms with Crippen LogP contribution in [-0.4, -0.2) is 10.5 Å². The minimum Gasteiger partial charge on any atom is -0.326 e. The normalized spacial score (nSPS) is 12.8. The van der Waals surface area contributed by atoms with Gasteiger partial charge < -0.3 is 5.73 Å². The number of nitrogens with two attached hydrogens (primary N) is 1. The van der Waals surface area contributed by atoms with E-state index in [1.807, 2.05) is 24.3 Å². The van der Waals surface area contributed by atoms with E-state index in [4.69, 9.17) is 5.73 Å². The van der Waals surface area contributed by atoms with Gasteiger partial charge in [-0.15, -0.1) is 0 Å². The van der Waals surface area contributed by atoms with E-state index < -0.39 is 10.8 Å². The number of benzene rings is 1. The highest BCUT2D eigenvalue weighted by Gasteiger charge is 1.95. The summed E-state index contributed by atoms with van der Waals surface area (Å²) < 4.78 is 10.9. The first-order chi connectivity index (χ1) is 5.72. The fourth-order valence-corrected chi connectivity index (χ4v) is 1.67. The molecule has 2 N–H and O–H groups in total. The Kier molecular flexibility index (Phi) is 3.44. The molecule has 0 spiro atoms. The van der Waals surface area contributed by atoms with Gasteiger partial charge in [-0.2, -0.15) is 0 Å². The summed E-state index contributed by atoms with van der Waals surface area (Å²) in [6, 6.07) is 7.90. The zero-order valence-electron chi connectivity index (χ0n) is 7.12. The fraction of sp³-hybridized carbons (Fsp3) is 0.333. The van der Waals surface area contributed by atoms with E-state index in [1.165, 1.54) is 0 Å². The van der Waals surface area contributed by atoms with Gasteiger partial charge in [-0.05, 0) is 11.1 Å². The lowest BCUT2D eigenvalue weighted by molar-refractivity contribution is 0.686. The average Bonchev–Trinajstić information content (AvgIpc) is 2.05. The quantitative estimate of drug-likeness (QED) is 0.760. The zero-order valence-corrected chi connectivity index (χ0v) is 7.93. The van der Waals surface area contributed by atoms with Crippen molar-refractivity contribution in [3.63, 3.8) is 0 Å². The number of rotatable bonds is 3. The maximum absolute atomic E-state index is 10.9. The number of hydrogen-bond donors (Lipinski definition) is 1. The van der Waals surface area contributed by atoms with Gasteiger partial charge >= 0.3 is 0 Å². The maximum atomic E-state index is 10.9. The monoisotopic (exact) mass is 183 g/mol. The summed E-state index contributed by atoms with van der Waals surface area (Å²) >= 11 is 0. The van der Waals surface area contributed by atoms with E-state index in [1.54, 1.807) is 6.26 Å². The lowest BCUT2D eigenvalue weighted by Gasteiger charge is -1.99. The van der Waals surface area contributed by atoms with E-state index in [2.05, 4.69) is 0 Å². The SMILES string of the molecule is CS(=O)Cc1ccc(CN)cc1. The molecule has 0 saturated heterocycles. The smallest absolute Gasteiger partial charge is 0.0482 e. The molecule has 12 heavy (non-hydrogen) atoms. The van der Waals surface area contributed by atoms with Crippen LogP contribution >= 0.6 is 0 Å². The van der Waals surface area contributed by atoms with Crippen LogP contribution in [0.4, 0.5) is 0 Å². The van der Waals surface area contributed by atoms with Crippen molar-refractivity contribution < 1.29 is 4.21 Å². The van der Waals surface area contributed by atoms with E-state index in [0.717, 1.165) is 11.1 Å². The van der Waals surface area contributed by atoms with Crippen LogP contribution in [-0.2, 0) is 23.1 Å². The van der Waals surface area contributed by atoms with Gasteiger partial charge in [0.15, 0.2) is 0 Å². The molecule has 0 aromatic heterocycles. The Labute approximate surface area is 75.2 Å². The Bertz CT molecular complexity index is 268. The van der Waals surface area contributed by atoms with Gasteiger partial charge in [0, 0.05) is 29.4 Å². The Morgan fingerprint density at radius 3 is 2.17 bits per heavy atom. The van der Waals surface area contributed by atoms with Crippen molar-refractivity contribution >= 4 is 10.8 Å².